The first-order chi connectivity index (χ1) is 14.3. The van der Waals surface area contributed by atoms with Gasteiger partial charge in [0.05, 0.1) is 12.0 Å². The molecule has 0 aliphatic rings. The Bertz CT molecular complexity index is 1040. The zero-order chi connectivity index (χ0) is 21.7. The summed E-state index contributed by atoms with van der Waals surface area (Å²) in [5.41, 5.74) is -0.339. The van der Waals surface area contributed by atoms with E-state index in [9.17, 15) is 23.3 Å². The summed E-state index contributed by atoms with van der Waals surface area (Å²) in [5.74, 6) is -0.476. The minimum atomic E-state index is -4.83. The van der Waals surface area contributed by atoms with Crippen molar-refractivity contribution in [3.8, 4) is 23.1 Å². The lowest BCUT2D eigenvalue weighted by atomic mass is 10.3. The number of methoxy groups -OCH3 is 1. The van der Waals surface area contributed by atoms with Gasteiger partial charge in [-0.1, -0.05) is 12.1 Å². The maximum Gasteiger partial charge on any atom is 0.573 e. The van der Waals surface area contributed by atoms with Crippen LogP contribution in [-0.4, -0.2) is 28.4 Å². The molecule has 12 heteroatoms. The molecule has 156 valence electrons. The third-order valence-electron chi connectivity index (χ3n) is 3.60. The molecule has 0 radical (unpaired) electrons. The molecule has 0 unspecified atom stereocenters. The summed E-state index contributed by atoms with van der Waals surface area (Å²) in [4.78, 5) is 18.5. The molecule has 3 rings (SSSR count). The average molecular weight is 422 g/mol. The summed E-state index contributed by atoms with van der Waals surface area (Å²) in [6.45, 7) is 0. The predicted molar refractivity (Wildman–Crippen MR) is 98.2 cm³/mol. The predicted octanol–water partition coefficient (Wildman–Crippen LogP) is 4.83. The number of anilines is 2. The molecule has 0 aliphatic carbocycles. The van der Waals surface area contributed by atoms with Crippen molar-refractivity contribution in [3.63, 3.8) is 0 Å². The van der Waals surface area contributed by atoms with Crippen LogP contribution in [0.2, 0.25) is 0 Å². The number of benzene rings is 2. The van der Waals surface area contributed by atoms with Crippen LogP contribution in [0, 0.1) is 10.1 Å². The number of hydrogen-bond acceptors (Lipinski definition) is 8. The second-order valence-corrected chi connectivity index (χ2v) is 5.58. The zero-order valence-electron chi connectivity index (χ0n) is 15.2. The topological polar surface area (TPSA) is 109 Å². The molecule has 1 heterocycles. The largest absolute Gasteiger partial charge is 0.573 e. The molecule has 1 N–H and O–H groups in total. The van der Waals surface area contributed by atoms with Gasteiger partial charge in [-0.25, -0.2) is 4.98 Å². The molecule has 0 amide bonds. The Balaban J connectivity index is 1.89. The highest BCUT2D eigenvalue weighted by Gasteiger charge is 2.31. The summed E-state index contributed by atoms with van der Waals surface area (Å²) >= 11 is 0. The molecule has 2 aromatic carbocycles. The Hall–Kier alpha value is -4.09. The Morgan fingerprint density at radius 2 is 1.70 bits per heavy atom. The van der Waals surface area contributed by atoms with Crippen LogP contribution in [0.4, 0.5) is 30.4 Å². The summed E-state index contributed by atoms with van der Waals surface area (Å²) in [7, 11) is 1.41. The molecule has 0 saturated heterocycles. The molecule has 1 aromatic heterocycles. The van der Waals surface area contributed by atoms with Crippen molar-refractivity contribution >= 4 is 17.2 Å². The number of nitrogens with one attached hydrogen (secondary N) is 1. The van der Waals surface area contributed by atoms with Gasteiger partial charge < -0.3 is 19.5 Å². The van der Waals surface area contributed by atoms with Gasteiger partial charge in [-0.3, -0.25) is 10.1 Å². The number of nitrogens with zero attached hydrogens (tertiary/aromatic N) is 3. The molecule has 0 spiro atoms. The standard InChI is InChI=1S/C18H13F3N4O5/c1-28-13-4-2-3-5-14(13)29-17-15(25(26)27)16(22-10-23-17)24-11-6-8-12(9-7-11)30-18(19,20)21/h2-10H,1H3,(H,22,23,24). The van der Waals surface area contributed by atoms with Crippen LogP contribution in [0.1, 0.15) is 0 Å². The quantitative estimate of drug-likeness (QED) is 0.426. The molecular weight excluding hydrogens is 409 g/mol. The molecule has 0 aliphatic heterocycles. The Morgan fingerprint density at radius 1 is 1.03 bits per heavy atom. The number of ether oxygens (including phenoxy) is 3. The highest BCUT2D eigenvalue weighted by molar-refractivity contribution is 5.69. The molecule has 30 heavy (non-hydrogen) atoms. The highest BCUT2D eigenvalue weighted by atomic mass is 19.4. The molecule has 0 bridgehead atoms. The summed E-state index contributed by atoms with van der Waals surface area (Å²) < 4.78 is 51.2. The lowest BCUT2D eigenvalue weighted by molar-refractivity contribution is -0.385. The van der Waals surface area contributed by atoms with Gasteiger partial charge in [-0.2, -0.15) is 4.98 Å². The minimum absolute atomic E-state index is 0.196. The van der Waals surface area contributed by atoms with Crippen molar-refractivity contribution in [2.24, 2.45) is 0 Å². The van der Waals surface area contributed by atoms with E-state index in [2.05, 4.69) is 20.0 Å². The maximum atomic E-state index is 12.3. The highest BCUT2D eigenvalue weighted by Crippen LogP contribution is 2.38. The third kappa shape index (κ3) is 5.04. The summed E-state index contributed by atoms with van der Waals surface area (Å²) in [6.07, 6.45) is -3.79. The fraction of sp³-hybridized carbons (Fsp3) is 0.111. The summed E-state index contributed by atoms with van der Waals surface area (Å²) in [5, 5.41) is 14.3. The van der Waals surface area contributed by atoms with Gasteiger partial charge in [-0.15, -0.1) is 13.2 Å². The Morgan fingerprint density at radius 3 is 2.30 bits per heavy atom. The number of aromatic nitrogens is 2. The van der Waals surface area contributed by atoms with E-state index in [1.165, 1.54) is 25.3 Å². The van der Waals surface area contributed by atoms with Crippen LogP contribution in [0.5, 0.6) is 23.1 Å². The van der Waals surface area contributed by atoms with Crippen LogP contribution in [0.15, 0.2) is 54.9 Å². The van der Waals surface area contributed by atoms with Crippen LogP contribution >= 0.6 is 0 Å². The molecule has 0 atom stereocenters. The smallest absolute Gasteiger partial charge is 0.493 e. The van der Waals surface area contributed by atoms with Gasteiger partial charge in [-0.05, 0) is 36.4 Å². The molecule has 3 aromatic rings. The lowest BCUT2D eigenvalue weighted by Gasteiger charge is -2.12. The normalized spacial score (nSPS) is 10.9. The second-order valence-electron chi connectivity index (χ2n) is 5.58. The zero-order valence-corrected chi connectivity index (χ0v) is 15.2. The van der Waals surface area contributed by atoms with Crippen molar-refractivity contribution in [2.45, 2.75) is 6.36 Å². The number of nitro groups is 1. The van der Waals surface area contributed by atoms with Crippen LogP contribution in [-0.2, 0) is 0 Å². The van der Waals surface area contributed by atoms with Gasteiger partial charge >= 0.3 is 17.9 Å². The number of halogens is 3. The fourth-order valence-corrected chi connectivity index (χ4v) is 2.38. The van der Waals surface area contributed by atoms with Crippen molar-refractivity contribution in [1.82, 2.24) is 9.97 Å². The van der Waals surface area contributed by atoms with Crippen molar-refractivity contribution in [2.75, 3.05) is 12.4 Å². The van der Waals surface area contributed by atoms with E-state index in [0.717, 1.165) is 18.5 Å². The van der Waals surface area contributed by atoms with E-state index >= 15 is 0 Å². The van der Waals surface area contributed by atoms with E-state index in [4.69, 9.17) is 9.47 Å². The van der Waals surface area contributed by atoms with Crippen LogP contribution in [0.25, 0.3) is 0 Å². The minimum Gasteiger partial charge on any atom is -0.493 e. The van der Waals surface area contributed by atoms with Crippen molar-refractivity contribution < 1.29 is 32.3 Å². The molecule has 0 saturated carbocycles. The van der Waals surface area contributed by atoms with Gasteiger partial charge in [0, 0.05) is 5.69 Å². The molecule has 9 nitrogen and oxygen atoms in total. The first kappa shape index (κ1) is 20.6. The lowest BCUT2D eigenvalue weighted by Crippen LogP contribution is -2.17. The monoisotopic (exact) mass is 422 g/mol. The SMILES string of the molecule is COc1ccccc1Oc1ncnc(Nc2ccc(OC(F)(F)F)cc2)c1[N+](=O)[O-]. The Kier molecular flexibility index (Phi) is 5.85. The first-order valence-electron chi connectivity index (χ1n) is 8.20. The van der Waals surface area contributed by atoms with Crippen LogP contribution in [0.3, 0.4) is 0 Å². The second kappa shape index (κ2) is 8.51. The third-order valence-corrected chi connectivity index (χ3v) is 3.60. The van der Waals surface area contributed by atoms with E-state index in [1.807, 2.05) is 0 Å². The summed E-state index contributed by atoms with van der Waals surface area (Å²) in [6, 6.07) is 11.1. The van der Waals surface area contributed by atoms with Gasteiger partial charge in [0.1, 0.15) is 12.1 Å². The van der Waals surface area contributed by atoms with Crippen molar-refractivity contribution in [1.29, 1.82) is 0 Å². The first-order valence-corrected chi connectivity index (χ1v) is 8.20. The number of alkyl halides is 3. The van der Waals surface area contributed by atoms with Crippen LogP contribution < -0.4 is 19.5 Å². The molecule has 0 fully saturated rings. The fourth-order valence-electron chi connectivity index (χ4n) is 2.38. The number of hydrogen-bond donors (Lipinski definition) is 1. The van der Waals surface area contributed by atoms with Gasteiger partial charge in [0.15, 0.2) is 11.5 Å². The van der Waals surface area contributed by atoms with Crippen molar-refractivity contribution in [3.05, 3.63) is 65.0 Å². The van der Waals surface area contributed by atoms with E-state index in [0.29, 0.717) is 5.75 Å². The van der Waals surface area contributed by atoms with Gasteiger partial charge in [0.25, 0.3) is 0 Å². The Labute approximate surface area is 167 Å². The maximum absolute atomic E-state index is 12.3. The van der Waals surface area contributed by atoms with Gasteiger partial charge in [0.2, 0.25) is 5.82 Å². The average Bonchev–Trinajstić information content (AvgIpc) is 2.69. The number of rotatable bonds is 7. The number of para-hydroxylation sites is 2. The molecular formula is C18H13F3N4O5. The van der Waals surface area contributed by atoms with E-state index in [1.54, 1.807) is 18.2 Å². The van der Waals surface area contributed by atoms with E-state index < -0.39 is 22.7 Å². The van der Waals surface area contributed by atoms with E-state index in [-0.39, 0.29) is 23.1 Å².